The van der Waals surface area contributed by atoms with E-state index < -0.39 is 0 Å². The van der Waals surface area contributed by atoms with Gasteiger partial charge in [-0.25, -0.2) is 0 Å². The summed E-state index contributed by atoms with van der Waals surface area (Å²) >= 11 is 18.6. The molecule has 1 fully saturated rings. The van der Waals surface area contributed by atoms with Crippen LogP contribution >= 0.6 is 47.2 Å². The van der Waals surface area contributed by atoms with E-state index in [9.17, 15) is 4.79 Å². The van der Waals surface area contributed by atoms with Gasteiger partial charge in [0.1, 0.15) is 11.5 Å². The van der Waals surface area contributed by atoms with E-state index in [0.29, 0.717) is 36.5 Å². The maximum Gasteiger partial charge on any atom is 0.270 e. The minimum atomic E-state index is -0.187. The number of carbonyl (C=O) groups is 1. The van der Waals surface area contributed by atoms with Crippen molar-refractivity contribution >= 4 is 69.2 Å². The van der Waals surface area contributed by atoms with Crippen LogP contribution in [0.1, 0.15) is 5.76 Å². The van der Waals surface area contributed by atoms with Crippen molar-refractivity contribution in [2.24, 2.45) is 0 Å². The van der Waals surface area contributed by atoms with Gasteiger partial charge in [0.05, 0.1) is 10.6 Å². The maximum absolute atomic E-state index is 12.8. The number of halogens is 2. The highest BCUT2D eigenvalue weighted by Crippen LogP contribution is 2.37. The van der Waals surface area contributed by atoms with Crippen LogP contribution in [0.15, 0.2) is 70.0 Å². The molecule has 1 saturated heterocycles. The van der Waals surface area contributed by atoms with Crippen molar-refractivity contribution in [3.05, 3.63) is 81.4 Å². The molecule has 0 saturated carbocycles. The second-order valence-corrected chi connectivity index (χ2v) is 8.25. The molecule has 2 aromatic carbocycles. The molecular weight excluding hydrogens is 421 g/mol. The highest BCUT2D eigenvalue weighted by atomic mass is 35.5. The quantitative estimate of drug-likeness (QED) is 0.342. The summed E-state index contributed by atoms with van der Waals surface area (Å²) in [5.74, 6) is 1.06. The van der Waals surface area contributed by atoms with Gasteiger partial charge in [0, 0.05) is 21.7 Å². The molecule has 3 nitrogen and oxygen atoms in total. The van der Waals surface area contributed by atoms with Crippen molar-refractivity contribution in [3.63, 3.8) is 0 Å². The smallest absolute Gasteiger partial charge is 0.270 e. The molecule has 0 unspecified atom stereocenters. The molecule has 134 valence electrons. The fourth-order valence-electron chi connectivity index (χ4n) is 2.64. The van der Waals surface area contributed by atoms with E-state index in [1.165, 1.54) is 16.7 Å². The van der Waals surface area contributed by atoms with Gasteiger partial charge in [-0.2, -0.15) is 0 Å². The van der Waals surface area contributed by atoms with Crippen LogP contribution in [0, 0.1) is 0 Å². The summed E-state index contributed by atoms with van der Waals surface area (Å²) in [4.78, 5) is 14.8. The number of thiocarbonyl (C=S) groups is 1. The molecular formula is C20H11Cl2NO2S2. The molecule has 27 heavy (non-hydrogen) atoms. The molecule has 7 heteroatoms. The van der Waals surface area contributed by atoms with Gasteiger partial charge in [-0.3, -0.25) is 9.69 Å². The first kappa shape index (κ1) is 18.3. The van der Waals surface area contributed by atoms with Gasteiger partial charge in [0.2, 0.25) is 0 Å². The fraction of sp³-hybridized carbons (Fsp3) is 0. The number of hydrogen-bond donors (Lipinski definition) is 0. The van der Waals surface area contributed by atoms with Crippen LogP contribution in [-0.4, -0.2) is 10.2 Å². The van der Waals surface area contributed by atoms with Crippen molar-refractivity contribution in [1.82, 2.24) is 0 Å². The molecule has 0 aliphatic carbocycles. The SMILES string of the molecule is O=C1/C(=C\c2ccc(-c3cccc(Cl)c3)o2)SC(=S)N1c1ccc(Cl)cc1. The Morgan fingerprint density at radius 3 is 2.52 bits per heavy atom. The fourth-order valence-corrected chi connectivity index (χ4v) is 4.23. The number of amides is 1. The topological polar surface area (TPSA) is 33.5 Å². The first-order valence-corrected chi connectivity index (χ1v) is 9.88. The summed E-state index contributed by atoms with van der Waals surface area (Å²) < 4.78 is 6.31. The van der Waals surface area contributed by atoms with Crippen LogP contribution in [0.3, 0.4) is 0 Å². The zero-order valence-electron chi connectivity index (χ0n) is 13.7. The number of nitrogens with zero attached hydrogens (tertiary/aromatic N) is 1. The molecule has 0 bridgehead atoms. The van der Waals surface area contributed by atoms with Crippen LogP contribution in [-0.2, 0) is 4.79 Å². The van der Waals surface area contributed by atoms with Crippen LogP contribution in [0.4, 0.5) is 5.69 Å². The minimum Gasteiger partial charge on any atom is -0.457 e. The number of thioether (sulfide) groups is 1. The first-order chi connectivity index (χ1) is 13.0. The van der Waals surface area contributed by atoms with E-state index in [1.54, 1.807) is 36.4 Å². The molecule has 1 aliphatic heterocycles. The third-order valence-corrected chi connectivity index (χ3v) is 5.68. The van der Waals surface area contributed by atoms with E-state index in [0.717, 1.165) is 5.56 Å². The third-order valence-electron chi connectivity index (χ3n) is 3.89. The first-order valence-electron chi connectivity index (χ1n) is 7.90. The highest BCUT2D eigenvalue weighted by Gasteiger charge is 2.33. The van der Waals surface area contributed by atoms with Crippen molar-refractivity contribution in [1.29, 1.82) is 0 Å². The lowest BCUT2D eigenvalue weighted by molar-refractivity contribution is -0.113. The zero-order valence-corrected chi connectivity index (χ0v) is 16.8. The molecule has 1 amide bonds. The monoisotopic (exact) mass is 431 g/mol. The number of carbonyl (C=O) groups excluding carboxylic acids is 1. The lowest BCUT2D eigenvalue weighted by atomic mass is 10.2. The Bertz CT molecular complexity index is 1070. The Labute approximate surface area is 175 Å². The van der Waals surface area contributed by atoms with E-state index in [2.05, 4.69) is 0 Å². The summed E-state index contributed by atoms with van der Waals surface area (Å²) in [5.41, 5.74) is 1.56. The molecule has 1 aliphatic rings. The van der Waals surface area contributed by atoms with E-state index in [-0.39, 0.29) is 5.91 Å². The van der Waals surface area contributed by atoms with Crippen molar-refractivity contribution < 1.29 is 9.21 Å². The summed E-state index contributed by atoms with van der Waals surface area (Å²) in [6.45, 7) is 0. The van der Waals surface area contributed by atoms with E-state index >= 15 is 0 Å². The second kappa shape index (κ2) is 7.52. The summed E-state index contributed by atoms with van der Waals surface area (Å²) in [6.07, 6.45) is 1.70. The van der Waals surface area contributed by atoms with E-state index in [4.69, 9.17) is 39.8 Å². The van der Waals surface area contributed by atoms with Crippen LogP contribution in [0.5, 0.6) is 0 Å². The van der Waals surface area contributed by atoms with Crippen LogP contribution < -0.4 is 4.90 Å². The largest absolute Gasteiger partial charge is 0.457 e. The number of furan rings is 1. The number of benzene rings is 2. The molecule has 0 atom stereocenters. The molecule has 4 rings (SSSR count). The van der Waals surface area contributed by atoms with Crippen LogP contribution in [0.25, 0.3) is 17.4 Å². The molecule has 0 N–H and O–H groups in total. The molecule has 1 aromatic heterocycles. The Morgan fingerprint density at radius 2 is 1.78 bits per heavy atom. The van der Waals surface area contributed by atoms with Gasteiger partial charge in [-0.15, -0.1) is 0 Å². The normalized spacial score (nSPS) is 15.8. The van der Waals surface area contributed by atoms with Crippen molar-refractivity contribution in [2.45, 2.75) is 0 Å². The maximum atomic E-state index is 12.8. The summed E-state index contributed by atoms with van der Waals surface area (Å²) in [6, 6.07) is 18.0. The zero-order chi connectivity index (χ0) is 19.0. The number of hydrogen-bond acceptors (Lipinski definition) is 4. The predicted molar refractivity (Wildman–Crippen MR) is 116 cm³/mol. The standard InChI is InChI=1S/C20H11Cl2NO2S2/c21-13-4-6-15(7-5-13)23-19(24)18(27-20(23)26)11-16-8-9-17(25-16)12-2-1-3-14(22)10-12/h1-11H/b18-11+. The Balaban J connectivity index is 1.61. The minimum absolute atomic E-state index is 0.187. The average Bonchev–Trinajstić information content (AvgIpc) is 3.21. The Kier molecular flexibility index (Phi) is 5.10. The Hall–Kier alpha value is -2.05. The van der Waals surface area contributed by atoms with Gasteiger partial charge in [-0.05, 0) is 48.5 Å². The molecule has 0 spiro atoms. The number of anilines is 1. The lowest BCUT2D eigenvalue weighted by Gasteiger charge is -2.14. The molecule has 0 radical (unpaired) electrons. The Morgan fingerprint density at radius 1 is 1.00 bits per heavy atom. The van der Waals surface area contributed by atoms with Crippen molar-refractivity contribution in [3.8, 4) is 11.3 Å². The second-order valence-electron chi connectivity index (χ2n) is 5.71. The van der Waals surface area contributed by atoms with Gasteiger partial charge >= 0.3 is 0 Å². The van der Waals surface area contributed by atoms with Gasteiger partial charge in [-0.1, -0.05) is 59.3 Å². The van der Waals surface area contributed by atoms with Crippen molar-refractivity contribution in [2.75, 3.05) is 4.90 Å². The third kappa shape index (κ3) is 3.82. The summed E-state index contributed by atoms with van der Waals surface area (Å²) in [5, 5.41) is 1.23. The number of rotatable bonds is 3. The highest BCUT2D eigenvalue weighted by molar-refractivity contribution is 8.27. The predicted octanol–water partition coefficient (Wildman–Crippen LogP) is 6.66. The van der Waals surface area contributed by atoms with Gasteiger partial charge in [0.15, 0.2) is 4.32 Å². The van der Waals surface area contributed by atoms with Gasteiger partial charge < -0.3 is 4.42 Å². The van der Waals surface area contributed by atoms with Crippen LogP contribution in [0.2, 0.25) is 10.0 Å². The summed E-state index contributed by atoms with van der Waals surface area (Å²) in [7, 11) is 0. The lowest BCUT2D eigenvalue weighted by Crippen LogP contribution is -2.27. The molecule has 3 aromatic rings. The van der Waals surface area contributed by atoms with Gasteiger partial charge in [0.25, 0.3) is 5.91 Å². The van der Waals surface area contributed by atoms with E-state index in [1.807, 2.05) is 30.3 Å². The molecule has 2 heterocycles. The average molecular weight is 432 g/mol.